The van der Waals surface area contributed by atoms with Crippen molar-refractivity contribution >= 4 is 15.7 Å². The standard InChI is InChI=1S/C9H16N4O3S/c1-6-11-7(13-12-6)8(14)10-5-9(2,3)17(4,15)16/h5H2,1-4H3,(H,10,14)(H,11,12,13). The zero-order valence-electron chi connectivity index (χ0n) is 10.2. The molecule has 7 nitrogen and oxygen atoms in total. The molecule has 96 valence electrons. The van der Waals surface area contributed by atoms with Crippen LogP contribution in [0.15, 0.2) is 0 Å². The van der Waals surface area contributed by atoms with Crippen LogP contribution < -0.4 is 5.32 Å². The molecular weight excluding hydrogens is 244 g/mol. The molecule has 8 heteroatoms. The SMILES string of the molecule is Cc1nc(C(=O)NCC(C)(C)S(C)(=O)=O)n[nH]1. The van der Waals surface area contributed by atoms with Crippen molar-refractivity contribution in [2.24, 2.45) is 0 Å². The fraction of sp³-hybridized carbons (Fsp3) is 0.667. The fourth-order valence-corrected chi connectivity index (χ4v) is 1.28. The van der Waals surface area contributed by atoms with Gasteiger partial charge in [0.25, 0.3) is 5.91 Å². The van der Waals surface area contributed by atoms with Gasteiger partial charge in [0.05, 0.1) is 4.75 Å². The van der Waals surface area contributed by atoms with Crippen molar-refractivity contribution in [2.45, 2.75) is 25.5 Å². The average molecular weight is 260 g/mol. The van der Waals surface area contributed by atoms with Gasteiger partial charge in [0.15, 0.2) is 9.84 Å². The smallest absolute Gasteiger partial charge is 0.291 e. The van der Waals surface area contributed by atoms with Crippen LogP contribution in [0.4, 0.5) is 0 Å². The highest BCUT2D eigenvalue weighted by Crippen LogP contribution is 2.13. The van der Waals surface area contributed by atoms with Crippen LogP contribution >= 0.6 is 0 Å². The summed E-state index contributed by atoms with van der Waals surface area (Å²) >= 11 is 0. The van der Waals surface area contributed by atoms with Crippen molar-refractivity contribution in [1.82, 2.24) is 20.5 Å². The Morgan fingerprint density at radius 2 is 2.06 bits per heavy atom. The van der Waals surface area contributed by atoms with Crippen LogP contribution in [0.2, 0.25) is 0 Å². The van der Waals surface area contributed by atoms with Gasteiger partial charge in [-0.2, -0.15) is 0 Å². The maximum atomic E-state index is 11.6. The van der Waals surface area contributed by atoms with Crippen molar-refractivity contribution in [2.75, 3.05) is 12.8 Å². The summed E-state index contributed by atoms with van der Waals surface area (Å²) in [5.41, 5.74) is 0. The number of nitrogens with one attached hydrogen (secondary N) is 2. The molecule has 2 N–H and O–H groups in total. The Labute approximate surface area is 99.9 Å². The maximum Gasteiger partial charge on any atom is 0.291 e. The van der Waals surface area contributed by atoms with Gasteiger partial charge in [0, 0.05) is 12.8 Å². The molecule has 0 radical (unpaired) electrons. The van der Waals surface area contributed by atoms with E-state index in [9.17, 15) is 13.2 Å². The highest BCUT2D eigenvalue weighted by atomic mass is 32.2. The van der Waals surface area contributed by atoms with Gasteiger partial charge in [-0.15, -0.1) is 5.10 Å². The van der Waals surface area contributed by atoms with Crippen LogP contribution in [-0.4, -0.2) is 47.1 Å². The average Bonchev–Trinajstić information content (AvgIpc) is 2.59. The summed E-state index contributed by atoms with van der Waals surface area (Å²) in [6, 6.07) is 0. The zero-order chi connectivity index (χ0) is 13.3. The predicted octanol–water partition coefficient (Wildman–Crippen LogP) is -0.334. The number of aryl methyl sites for hydroxylation is 1. The van der Waals surface area contributed by atoms with Crippen molar-refractivity contribution in [3.8, 4) is 0 Å². The second-order valence-corrected chi connectivity index (χ2v) is 7.11. The summed E-state index contributed by atoms with van der Waals surface area (Å²) in [4.78, 5) is 15.4. The first kappa shape index (κ1) is 13.6. The number of aromatic amines is 1. The molecule has 0 atom stereocenters. The monoisotopic (exact) mass is 260 g/mol. The molecule has 1 aromatic rings. The highest BCUT2D eigenvalue weighted by molar-refractivity contribution is 7.92. The second-order valence-electron chi connectivity index (χ2n) is 4.46. The van der Waals surface area contributed by atoms with E-state index >= 15 is 0 Å². The van der Waals surface area contributed by atoms with E-state index in [0.29, 0.717) is 5.82 Å². The molecule has 1 rings (SSSR count). The Bertz CT molecular complexity index is 518. The van der Waals surface area contributed by atoms with E-state index in [1.54, 1.807) is 20.8 Å². The summed E-state index contributed by atoms with van der Waals surface area (Å²) in [6.45, 7) is 4.78. The lowest BCUT2D eigenvalue weighted by atomic mass is 10.2. The number of amides is 1. The molecule has 1 amide bonds. The van der Waals surface area contributed by atoms with E-state index in [2.05, 4.69) is 20.5 Å². The molecule has 0 unspecified atom stereocenters. The van der Waals surface area contributed by atoms with Crippen LogP contribution in [-0.2, 0) is 9.84 Å². The lowest BCUT2D eigenvalue weighted by Crippen LogP contribution is -2.44. The number of rotatable bonds is 4. The van der Waals surface area contributed by atoms with Gasteiger partial charge >= 0.3 is 0 Å². The minimum absolute atomic E-state index is 0.00630. The Morgan fingerprint density at radius 3 is 2.47 bits per heavy atom. The van der Waals surface area contributed by atoms with Crippen LogP contribution in [0.25, 0.3) is 0 Å². The normalized spacial score (nSPS) is 12.5. The van der Waals surface area contributed by atoms with Crippen LogP contribution in [0.5, 0.6) is 0 Å². The van der Waals surface area contributed by atoms with Gasteiger partial charge in [-0.25, -0.2) is 13.4 Å². The number of sulfone groups is 1. The molecule has 1 heterocycles. The molecule has 0 spiro atoms. The second kappa shape index (κ2) is 4.44. The van der Waals surface area contributed by atoms with E-state index in [-0.39, 0.29) is 12.4 Å². The maximum absolute atomic E-state index is 11.6. The first-order valence-corrected chi connectivity index (χ1v) is 6.89. The molecule has 0 aliphatic rings. The summed E-state index contributed by atoms with van der Waals surface area (Å²) in [5.74, 6) is 0.0374. The van der Waals surface area contributed by atoms with Crippen LogP contribution in [0.3, 0.4) is 0 Å². The van der Waals surface area contributed by atoms with Crippen molar-refractivity contribution < 1.29 is 13.2 Å². The first-order chi connectivity index (χ1) is 7.63. The Kier molecular flexibility index (Phi) is 3.56. The molecule has 1 aromatic heterocycles. The van der Waals surface area contributed by atoms with Crippen molar-refractivity contribution in [3.05, 3.63) is 11.6 Å². The van der Waals surface area contributed by atoms with Gasteiger partial charge in [-0.1, -0.05) is 0 Å². The molecule has 0 saturated carbocycles. The molecule has 0 aliphatic heterocycles. The molecule has 0 aliphatic carbocycles. The number of carbonyl (C=O) groups is 1. The van der Waals surface area contributed by atoms with Crippen LogP contribution in [0, 0.1) is 6.92 Å². The molecule has 0 saturated heterocycles. The van der Waals surface area contributed by atoms with Gasteiger partial charge in [-0.3, -0.25) is 9.89 Å². The molecule has 0 bridgehead atoms. The zero-order valence-corrected chi connectivity index (χ0v) is 11.1. The molecular formula is C9H16N4O3S. The topological polar surface area (TPSA) is 105 Å². The third-order valence-corrected chi connectivity index (χ3v) is 4.63. The Balaban J connectivity index is 2.67. The fourth-order valence-electron chi connectivity index (χ4n) is 0.948. The van der Waals surface area contributed by atoms with E-state index in [0.717, 1.165) is 6.26 Å². The summed E-state index contributed by atoms with van der Waals surface area (Å²) in [6.07, 6.45) is 1.14. The third kappa shape index (κ3) is 3.26. The predicted molar refractivity (Wildman–Crippen MR) is 62.4 cm³/mol. The number of aromatic nitrogens is 3. The number of H-pyrrole nitrogens is 1. The lowest BCUT2D eigenvalue weighted by Gasteiger charge is -2.22. The number of carbonyl (C=O) groups excluding carboxylic acids is 1. The lowest BCUT2D eigenvalue weighted by molar-refractivity contribution is 0.0940. The minimum Gasteiger partial charge on any atom is -0.348 e. The van der Waals surface area contributed by atoms with Gasteiger partial charge in [-0.05, 0) is 20.8 Å². The van der Waals surface area contributed by atoms with Gasteiger partial charge in [0.1, 0.15) is 5.82 Å². The van der Waals surface area contributed by atoms with E-state index in [4.69, 9.17) is 0 Å². The third-order valence-electron chi connectivity index (χ3n) is 2.48. The quantitative estimate of drug-likeness (QED) is 0.771. The van der Waals surface area contributed by atoms with E-state index < -0.39 is 20.5 Å². The molecule has 17 heavy (non-hydrogen) atoms. The molecule has 0 aromatic carbocycles. The minimum atomic E-state index is -3.24. The summed E-state index contributed by atoms with van der Waals surface area (Å²) < 4.78 is 21.8. The van der Waals surface area contributed by atoms with Crippen molar-refractivity contribution in [3.63, 3.8) is 0 Å². The summed E-state index contributed by atoms with van der Waals surface area (Å²) in [7, 11) is -3.24. The first-order valence-electron chi connectivity index (χ1n) is 5.00. The largest absolute Gasteiger partial charge is 0.348 e. The Hall–Kier alpha value is -1.44. The number of nitrogens with zero attached hydrogens (tertiary/aromatic N) is 2. The number of hydrogen-bond donors (Lipinski definition) is 2. The molecule has 0 fully saturated rings. The van der Waals surface area contributed by atoms with Gasteiger partial charge in [0.2, 0.25) is 5.82 Å². The van der Waals surface area contributed by atoms with E-state index in [1.165, 1.54) is 0 Å². The van der Waals surface area contributed by atoms with Crippen molar-refractivity contribution in [1.29, 1.82) is 0 Å². The van der Waals surface area contributed by atoms with Crippen LogP contribution in [0.1, 0.15) is 30.3 Å². The van der Waals surface area contributed by atoms with E-state index in [1.807, 2.05) is 0 Å². The van der Waals surface area contributed by atoms with Gasteiger partial charge < -0.3 is 5.32 Å². The number of hydrogen-bond acceptors (Lipinski definition) is 5. The summed E-state index contributed by atoms with van der Waals surface area (Å²) in [5, 5.41) is 8.71. The highest BCUT2D eigenvalue weighted by Gasteiger charge is 2.30. The Morgan fingerprint density at radius 1 is 1.47 bits per heavy atom.